The molecule has 2 aromatic carbocycles. The van der Waals surface area contributed by atoms with E-state index in [9.17, 15) is 26.4 Å². The lowest BCUT2D eigenvalue weighted by Crippen LogP contribution is -2.28. The number of anilines is 2. The van der Waals surface area contributed by atoms with E-state index in [0.717, 1.165) is 17.7 Å². The number of amides is 2. The number of hydrogen-bond donors (Lipinski definition) is 3. The van der Waals surface area contributed by atoms with E-state index in [1.165, 1.54) is 24.3 Å². The van der Waals surface area contributed by atoms with Crippen molar-refractivity contribution < 1.29 is 26.4 Å². The Bertz CT molecular complexity index is 1210. The number of carbonyl (C=O) groups excluding carboxylic acids is 1. The Morgan fingerprint density at radius 2 is 1.72 bits per heavy atom. The lowest BCUT2D eigenvalue weighted by molar-refractivity contribution is -0.138. The number of halogens is 4. The van der Waals surface area contributed by atoms with Gasteiger partial charge in [-0.05, 0) is 54.1 Å². The molecule has 0 spiro atoms. The first-order valence-electron chi connectivity index (χ1n) is 8.98. The van der Waals surface area contributed by atoms with E-state index in [-0.39, 0.29) is 16.7 Å². The standard InChI is InChI=1S/C20H16BrF3N4O3S/c21-18-8-7-16(10-17(18)20(22,23)24)32(30,31)28-15-5-3-14(4-6-15)27-19(29)26-12-13-2-1-9-25-11-13/h1-11,28H,12H2,(H2,26,27,29). The van der Waals surface area contributed by atoms with E-state index in [1.54, 1.807) is 24.5 Å². The van der Waals surface area contributed by atoms with Gasteiger partial charge in [0.2, 0.25) is 0 Å². The maximum Gasteiger partial charge on any atom is 0.417 e. The number of alkyl halides is 3. The molecule has 0 atom stereocenters. The molecule has 3 aromatic rings. The number of sulfonamides is 1. The zero-order chi connectivity index (χ0) is 23.4. The number of hydrogen-bond acceptors (Lipinski definition) is 4. The molecule has 0 aliphatic carbocycles. The number of benzene rings is 2. The van der Waals surface area contributed by atoms with Crippen LogP contribution in [-0.4, -0.2) is 19.4 Å². The second kappa shape index (κ2) is 9.57. The fourth-order valence-electron chi connectivity index (χ4n) is 2.58. The molecule has 1 aromatic heterocycles. The van der Waals surface area contributed by atoms with Crippen molar-refractivity contribution in [2.45, 2.75) is 17.6 Å². The van der Waals surface area contributed by atoms with Gasteiger partial charge in [-0.1, -0.05) is 22.0 Å². The van der Waals surface area contributed by atoms with E-state index in [0.29, 0.717) is 11.8 Å². The summed E-state index contributed by atoms with van der Waals surface area (Å²) in [5.74, 6) is 0. The van der Waals surface area contributed by atoms with Crippen LogP contribution < -0.4 is 15.4 Å². The molecule has 3 rings (SSSR count). The van der Waals surface area contributed by atoms with Crippen LogP contribution in [0.5, 0.6) is 0 Å². The Kier molecular flexibility index (Phi) is 7.04. The van der Waals surface area contributed by atoms with Crippen LogP contribution in [0, 0.1) is 0 Å². The normalized spacial score (nSPS) is 11.6. The number of rotatable bonds is 6. The summed E-state index contributed by atoms with van der Waals surface area (Å²) in [6.07, 6.45) is -1.48. The highest BCUT2D eigenvalue weighted by atomic mass is 79.9. The Hall–Kier alpha value is -3.12. The monoisotopic (exact) mass is 528 g/mol. The van der Waals surface area contributed by atoms with Gasteiger partial charge in [0, 0.05) is 34.8 Å². The molecule has 0 aliphatic rings. The smallest absolute Gasteiger partial charge is 0.334 e. The van der Waals surface area contributed by atoms with Gasteiger partial charge in [0.25, 0.3) is 10.0 Å². The highest BCUT2D eigenvalue weighted by Gasteiger charge is 2.34. The highest BCUT2D eigenvalue weighted by molar-refractivity contribution is 9.10. The van der Waals surface area contributed by atoms with Gasteiger partial charge in [-0.2, -0.15) is 13.2 Å². The van der Waals surface area contributed by atoms with Crippen molar-refractivity contribution >= 4 is 43.4 Å². The van der Waals surface area contributed by atoms with Gasteiger partial charge in [-0.3, -0.25) is 9.71 Å². The maximum atomic E-state index is 13.1. The molecule has 3 N–H and O–H groups in total. The highest BCUT2D eigenvalue weighted by Crippen LogP contribution is 2.36. The van der Waals surface area contributed by atoms with E-state index in [4.69, 9.17) is 0 Å². The summed E-state index contributed by atoms with van der Waals surface area (Å²) in [6.45, 7) is 0.269. The van der Waals surface area contributed by atoms with Crippen LogP contribution >= 0.6 is 15.9 Å². The molecular weight excluding hydrogens is 513 g/mol. The van der Waals surface area contributed by atoms with Crippen molar-refractivity contribution in [3.05, 3.63) is 82.6 Å². The van der Waals surface area contributed by atoms with Crippen molar-refractivity contribution in [1.82, 2.24) is 10.3 Å². The molecule has 0 radical (unpaired) electrons. The van der Waals surface area contributed by atoms with E-state index >= 15 is 0 Å². The first-order valence-corrected chi connectivity index (χ1v) is 11.3. The third-order valence-electron chi connectivity index (χ3n) is 4.12. The Balaban J connectivity index is 1.64. The molecule has 32 heavy (non-hydrogen) atoms. The molecule has 12 heteroatoms. The van der Waals surface area contributed by atoms with E-state index < -0.39 is 32.7 Å². The van der Waals surface area contributed by atoms with Crippen molar-refractivity contribution in [2.75, 3.05) is 10.0 Å². The van der Waals surface area contributed by atoms with Crippen LogP contribution in [0.3, 0.4) is 0 Å². The van der Waals surface area contributed by atoms with Gasteiger partial charge >= 0.3 is 12.2 Å². The minimum absolute atomic E-state index is 0.114. The summed E-state index contributed by atoms with van der Waals surface area (Å²) in [4.78, 5) is 15.4. The zero-order valence-corrected chi connectivity index (χ0v) is 18.6. The molecule has 7 nitrogen and oxygen atoms in total. The molecule has 1 heterocycles. The fourth-order valence-corrected chi connectivity index (χ4v) is 4.14. The van der Waals surface area contributed by atoms with Gasteiger partial charge in [0.15, 0.2) is 0 Å². The third kappa shape index (κ3) is 6.20. The average Bonchev–Trinajstić information content (AvgIpc) is 2.73. The molecule has 168 valence electrons. The van der Waals surface area contributed by atoms with Gasteiger partial charge in [-0.25, -0.2) is 13.2 Å². The predicted octanol–water partition coefficient (Wildman–Crippen LogP) is 4.99. The van der Waals surface area contributed by atoms with Crippen LogP contribution in [0.25, 0.3) is 0 Å². The average molecular weight is 529 g/mol. The predicted molar refractivity (Wildman–Crippen MR) is 116 cm³/mol. The summed E-state index contributed by atoms with van der Waals surface area (Å²) >= 11 is 2.77. The van der Waals surface area contributed by atoms with Crippen LogP contribution in [0.15, 0.2) is 76.4 Å². The number of urea groups is 1. The third-order valence-corrected chi connectivity index (χ3v) is 6.19. The molecule has 0 saturated carbocycles. The van der Waals surface area contributed by atoms with Gasteiger partial charge in [0.05, 0.1) is 10.5 Å². The second-order valence-electron chi connectivity index (χ2n) is 6.49. The number of aromatic nitrogens is 1. The lowest BCUT2D eigenvalue weighted by atomic mass is 10.2. The Morgan fingerprint density at radius 3 is 2.34 bits per heavy atom. The summed E-state index contributed by atoms with van der Waals surface area (Å²) in [5.41, 5.74) is 0.216. The van der Waals surface area contributed by atoms with Crippen molar-refractivity contribution in [3.63, 3.8) is 0 Å². The van der Waals surface area contributed by atoms with Crippen LogP contribution in [0.4, 0.5) is 29.3 Å². The summed E-state index contributed by atoms with van der Waals surface area (Å²) in [6, 6.07) is 11.3. The van der Waals surface area contributed by atoms with Crippen molar-refractivity contribution in [3.8, 4) is 0 Å². The van der Waals surface area contributed by atoms with Gasteiger partial charge in [0.1, 0.15) is 0 Å². The number of nitrogens with one attached hydrogen (secondary N) is 3. The lowest BCUT2D eigenvalue weighted by Gasteiger charge is -2.13. The first-order chi connectivity index (χ1) is 15.0. The van der Waals surface area contributed by atoms with Crippen LogP contribution in [0.1, 0.15) is 11.1 Å². The van der Waals surface area contributed by atoms with E-state index in [2.05, 4.69) is 36.3 Å². The summed E-state index contributed by atoms with van der Waals surface area (Å²) < 4.78 is 66.1. The van der Waals surface area contributed by atoms with Crippen molar-refractivity contribution in [1.29, 1.82) is 0 Å². The van der Waals surface area contributed by atoms with Crippen LogP contribution in [0.2, 0.25) is 0 Å². The topological polar surface area (TPSA) is 100 Å². The second-order valence-corrected chi connectivity index (χ2v) is 9.03. The molecule has 0 fully saturated rings. The summed E-state index contributed by atoms with van der Waals surface area (Å²) in [7, 11) is -4.26. The SMILES string of the molecule is O=C(NCc1cccnc1)Nc1ccc(NS(=O)(=O)c2ccc(Br)c(C(F)(F)F)c2)cc1. The summed E-state index contributed by atoms with van der Waals surface area (Å²) in [5, 5.41) is 5.23. The molecule has 0 bridgehead atoms. The molecule has 0 unspecified atom stereocenters. The minimum atomic E-state index is -4.71. The molecular formula is C20H16BrF3N4O3S. The minimum Gasteiger partial charge on any atom is -0.334 e. The maximum absolute atomic E-state index is 13.1. The van der Waals surface area contributed by atoms with Crippen LogP contribution in [-0.2, 0) is 22.7 Å². The quantitative estimate of drug-likeness (QED) is 0.419. The molecule has 0 aliphatic heterocycles. The van der Waals surface area contributed by atoms with Crippen molar-refractivity contribution in [2.24, 2.45) is 0 Å². The van der Waals surface area contributed by atoms with Gasteiger partial charge < -0.3 is 10.6 Å². The first kappa shape index (κ1) is 23.5. The Morgan fingerprint density at radius 1 is 1.03 bits per heavy atom. The Labute approximate surface area is 190 Å². The van der Waals surface area contributed by atoms with E-state index in [1.807, 2.05) is 0 Å². The number of carbonyl (C=O) groups is 1. The zero-order valence-electron chi connectivity index (χ0n) is 16.2. The number of pyridine rings is 1. The largest absolute Gasteiger partial charge is 0.417 e. The molecule has 2 amide bonds. The number of nitrogens with zero attached hydrogens (tertiary/aromatic N) is 1. The molecule has 0 saturated heterocycles. The van der Waals surface area contributed by atoms with Gasteiger partial charge in [-0.15, -0.1) is 0 Å². The fraction of sp³-hybridized carbons (Fsp3) is 0.100.